The van der Waals surface area contributed by atoms with Crippen molar-refractivity contribution in [2.24, 2.45) is 0 Å². The fourth-order valence-electron chi connectivity index (χ4n) is 2.95. The Kier molecular flexibility index (Phi) is 5.68. The highest BCUT2D eigenvalue weighted by Crippen LogP contribution is 2.24. The molecule has 1 aliphatic heterocycles. The molecule has 7 heteroatoms. The van der Waals surface area contributed by atoms with Gasteiger partial charge in [0.2, 0.25) is 0 Å². The Hall–Kier alpha value is -2.67. The molecule has 1 aromatic carbocycles. The van der Waals surface area contributed by atoms with Crippen LogP contribution in [0.5, 0.6) is 11.8 Å². The normalized spacial score (nSPS) is 19.8. The van der Waals surface area contributed by atoms with Crippen molar-refractivity contribution >= 4 is 5.91 Å². The van der Waals surface area contributed by atoms with E-state index < -0.39 is 5.60 Å². The summed E-state index contributed by atoms with van der Waals surface area (Å²) in [4.78, 5) is 21.8. The quantitative estimate of drug-likeness (QED) is 0.845. The van der Waals surface area contributed by atoms with Crippen LogP contribution in [0.2, 0.25) is 0 Å². The maximum Gasteiger partial charge on any atom is 0.316 e. The minimum Gasteiger partial charge on any atom is -0.490 e. The fourth-order valence-corrected chi connectivity index (χ4v) is 2.95. The summed E-state index contributed by atoms with van der Waals surface area (Å²) in [5, 5.41) is 10.8. The van der Waals surface area contributed by atoms with Crippen molar-refractivity contribution in [3.63, 3.8) is 0 Å². The van der Waals surface area contributed by atoms with Crippen LogP contribution in [0.1, 0.15) is 18.4 Å². The Labute approximate surface area is 152 Å². The van der Waals surface area contributed by atoms with Gasteiger partial charge in [-0.1, -0.05) is 18.2 Å². The second-order valence-electron chi connectivity index (χ2n) is 6.52. The Morgan fingerprint density at radius 2 is 2.00 bits per heavy atom. The van der Waals surface area contributed by atoms with Gasteiger partial charge in [0.25, 0.3) is 5.91 Å². The van der Waals surface area contributed by atoms with Crippen LogP contribution < -0.4 is 9.47 Å². The molecule has 1 N–H and O–H groups in total. The van der Waals surface area contributed by atoms with E-state index in [-0.39, 0.29) is 31.7 Å². The molecule has 1 aromatic heterocycles. The standard InChI is InChI=1S/C19H23N3O4/c1-15-6-2-3-7-16(15)26-14-19(24)8-4-11-22(13-19)17(23)12-25-18-20-9-5-10-21-18/h2-3,5-7,9-10,24H,4,8,11-14H2,1H3/t19-/m1/s1. The van der Waals surface area contributed by atoms with E-state index in [4.69, 9.17) is 9.47 Å². The van der Waals surface area contributed by atoms with Gasteiger partial charge in [0.15, 0.2) is 6.61 Å². The zero-order valence-electron chi connectivity index (χ0n) is 14.8. The first-order valence-corrected chi connectivity index (χ1v) is 8.64. The molecule has 0 radical (unpaired) electrons. The summed E-state index contributed by atoms with van der Waals surface area (Å²) >= 11 is 0. The summed E-state index contributed by atoms with van der Waals surface area (Å²) in [7, 11) is 0. The highest BCUT2D eigenvalue weighted by Gasteiger charge is 2.36. The van der Waals surface area contributed by atoms with E-state index >= 15 is 0 Å². The summed E-state index contributed by atoms with van der Waals surface area (Å²) in [6.07, 6.45) is 4.40. The van der Waals surface area contributed by atoms with Gasteiger partial charge in [0.05, 0.1) is 6.54 Å². The topological polar surface area (TPSA) is 84.8 Å². The molecule has 0 unspecified atom stereocenters. The number of carbonyl (C=O) groups excluding carboxylic acids is 1. The van der Waals surface area contributed by atoms with Crippen molar-refractivity contribution in [1.29, 1.82) is 0 Å². The molecule has 2 aromatic rings. The van der Waals surface area contributed by atoms with Gasteiger partial charge in [-0.15, -0.1) is 0 Å². The van der Waals surface area contributed by atoms with Crippen molar-refractivity contribution in [1.82, 2.24) is 14.9 Å². The van der Waals surface area contributed by atoms with Gasteiger partial charge in [-0.05, 0) is 37.5 Å². The third kappa shape index (κ3) is 4.70. The van der Waals surface area contributed by atoms with Gasteiger partial charge >= 0.3 is 6.01 Å². The van der Waals surface area contributed by atoms with Crippen LogP contribution in [-0.2, 0) is 4.79 Å². The number of para-hydroxylation sites is 1. The zero-order chi connectivity index (χ0) is 18.4. The number of ether oxygens (including phenoxy) is 2. The summed E-state index contributed by atoms with van der Waals surface area (Å²) in [5.74, 6) is 0.542. The number of amides is 1. The van der Waals surface area contributed by atoms with Gasteiger partial charge < -0.3 is 19.5 Å². The molecule has 138 valence electrons. The third-order valence-corrected chi connectivity index (χ3v) is 4.36. The smallest absolute Gasteiger partial charge is 0.316 e. The molecule has 1 aliphatic rings. The molecule has 0 bridgehead atoms. The number of aromatic nitrogens is 2. The lowest BCUT2D eigenvalue weighted by molar-refractivity contribution is -0.142. The van der Waals surface area contributed by atoms with Crippen LogP contribution in [-0.4, -0.2) is 57.8 Å². The number of aliphatic hydroxyl groups is 1. The lowest BCUT2D eigenvalue weighted by Gasteiger charge is -2.38. The second kappa shape index (κ2) is 8.14. The second-order valence-corrected chi connectivity index (χ2v) is 6.52. The largest absolute Gasteiger partial charge is 0.490 e. The summed E-state index contributed by atoms with van der Waals surface area (Å²) < 4.78 is 11.1. The summed E-state index contributed by atoms with van der Waals surface area (Å²) in [5.41, 5.74) is -0.0597. The number of nitrogens with zero attached hydrogens (tertiary/aromatic N) is 3. The molecular formula is C19H23N3O4. The van der Waals surface area contributed by atoms with E-state index in [1.807, 2.05) is 31.2 Å². The number of aryl methyl sites for hydroxylation is 1. The first-order chi connectivity index (χ1) is 12.6. The Morgan fingerprint density at radius 3 is 2.77 bits per heavy atom. The van der Waals surface area contributed by atoms with Crippen molar-refractivity contribution in [2.45, 2.75) is 25.4 Å². The molecule has 0 aliphatic carbocycles. The average molecular weight is 357 g/mol. The predicted molar refractivity (Wildman–Crippen MR) is 95.0 cm³/mol. The number of hydrogen-bond donors (Lipinski definition) is 1. The van der Waals surface area contributed by atoms with E-state index in [1.165, 1.54) is 0 Å². The minimum absolute atomic E-state index is 0.143. The number of carbonyl (C=O) groups is 1. The first-order valence-electron chi connectivity index (χ1n) is 8.64. The molecule has 26 heavy (non-hydrogen) atoms. The molecule has 1 fully saturated rings. The number of hydrogen-bond acceptors (Lipinski definition) is 6. The number of piperidine rings is 1. The Balaban J connectivity index is 1.54. The number of rotatable bonds is 6. The van der Waals surface area contributed by atoms with E-state index in [1.54, 1.807) is 23.4 Å². The Morgan fingerprint density at radius 1 is 1.23 bits per heavy atom. The van der Waals surface area contributed by atoms with Crippen LogP contribution in [0.25, 0.3) is 0 Å². The molecule has 3 rings (SSSR count). The third-order valence-electron chi connectivity index (χ3n) is 4.36. The maximum absolute atomic E-state index is 12.4. The maximum atomic E-state index is 12.4. The SMILES string of the molecule is Cc1ccccc1OC[C@@]1(O)CCCN(C(=O)COc2ncccn2)C1. The van der Waals surface area contributed by atoms with Crippen LogP contribution >= 0.6 is 0 Å². The number of benzene rings is 1. The highest BCUT2D eigenvalue weighted by atomic mass is 16.5. The zero-order valence-corrected chi connectivity index (χ0v) is 14.8. The predicted octanol–water partition coefficient (Wildman–Crippen LogP) is 1.60. The summed E-state index contributed by atoms with van der Waals surface area (Å²) in [6, 6.07) is 9.50. The van der Waals surface area contributed by atoms with Gasteiger partial charge in [0, 0.05) is 18.9 Å². The average Bonchev–Trinajstić information content (AvgIpc) is 2.66. The van der Waals surface area contributed by atoms with Crippen LogP contribution in [0.3, 0.4) is 0 Å². The van der Waals surface area contributed by atoms with Crippen LogP contribution in [0.4, 0.5) is 0 Å². The van der Waals surface area contributed by atoms with Gasteiger partial charge in [-0.25, -0.2) is 9.97 Å². The molecule has 2 heterocycles. The lowest BCUT2D eigenvalue weighted by Crippen LogP contribution is -2.54. The summed E-state index contributed by atoms with van der Waals surface area (Å²) in [6.45, 7) is 2.75. The van der Waals surface area contributed by atoms with Crippen LogP contribution in [0, 0.1) is 6.92 Å². The van der Waals surface area contributed by atoms with E-state index in [0.29, 0.717) is 19.4 Å². The molecular weight excluding hydrogens is 334 g/mol. The molecule has 0 spiro atoms. The van der Waals surface area contributed by atoms with E-state index in [9.17, 15) is 9.90 Å². The lowest BCUT2D eigenvalue weighted by atomic mass is 9.93. The van der Waals surface area contributed by atoms with Gasteiger partial charge in [-0.2, -0.15) is 0 Å². The molecule has 1 saturated heterocycles. The van der Waals surface area contributed by atoms with Crippen molar-refractivity contribution in [3.05, 3.63) is 48.3 Å². The van der Waals surface area contributed by atoms with E-state index in [0.717, 1.165) is 11.3 Å². The number of β-amino-alcohol motifs (C(OH)–C–C–N with tert-alkyl or cyclic N) is 1. The first kappa shape index (κ1) is 18.1. The van der Waals surface area contributed by atoms with Gasteiger partial charge in [0.1, 0.15) is 18.0 Å². The van der Waals surface area contributed by atoms with Crippen molar-refractivity contribution in [3.8, 4) is 11.8 Å². The van der Waals surface area contributed by atoms with Gasteiger partial charge in [-0.3, -0.25) is 4.79 Å². The van der Waals surface area contributed by atoms with Crippen molar-refractivity contribution < 1.29 is 19.4 Å². The molecule has 7 nitrogen and oxygen atoms in total. The minimum atomic E-state index is -1.07. The van der Waals surface area contributed by atoms with Crippen LogP contribution in [0.15, 0.2) is 42.7 Å². The molecule has 1 atom stereocenters. The van der Waals surface area contributed by atoms with E-state index in [2.05, 4.69) is 9.97 Å². The fraction of sp³-hybridized carbons (Fsp3) is 0.421. The Bertz CT molecular complexity index is 741. The monoisotopic (exact) mass is 357 g/mol. The highest BCUT2D eigenvalue weighted by molar-refractivity contribution is 5.77. The molecule has 1 amide bonds. The molecule has 0 saturated carbocycles. The number of likely N-dealkylation sites (tertiary alicyclic amines) is 1. The van der Waals surface area contributed by atoms with Crippen molar-refractivity contribution in [2.75, 3.05) is 26.3 Å².